The third kappa shape index (κ3) is 6.38. The van der Waals surface area contributed by atoms with Crippen LogP contribution in [-0.2, 0) is 9.36 Å². The van der Waals surface area contributed by atoms with Crippen molar-refractivity contribution >= 4 is 29.8 Å². The predicted molar refractivity (Wildman–Crippen MR) is 141 cm³/mol. The Labute approximate surface area is 203 Å². The summed E-state index contributed by atoms with van der Waals surface area (Å²) in [6.07, 6.45) is 2.41. The molecule has 0 saturated carbocycles. The van der Waals surface area contributed by atoms with Crippen LogP contribution in [0.15, 0.2) is 51.7 Å². The Balaban J connectivity index is 2.51. The van der Waals surface area contributed by atoms with E-state index in [0.717, 1.165) is 18.4 Å². The first kappa shape index (κ1) is 27.8. The third-order valence-corrected chi connectivity index (χ3v) is 8.13. The highest BCUT2D eigenvalue weighted by Gasteiger charge is 2.41. The smallest absolute Gasteiger partial charge is 0.259 e. The summed E-state index contributed by atoms with van der Waals surface area (Å²) in [6, 6.07) is 4.17. The van der Waals surface area contributed by atoms with Crippen molar-refractivity contribution in [1.82, 2.24) is 0 Å². The summed E-state index contributed by atoms with van der Waals surface area (Å²) in [5, 5.41) is 6.14. The van der Waals surface area contributed by atoms with E-state index in [-0.39, 0.29) is 45.1 Å². The molecule has 1 aliphatic carbocycles. The summed E-state index contributed by atoms with van der Waals surface area (Å²) in [5.41, 5.74) is 2.30. The Hall–Kier alpha value is -2.40. The molecule has 186 valence electrons. The fourth-order valence-corrected chi connectivity index (χ4v) is 6.16. The van der Waals surface area contributed by atoms with Gasteiger partial charge in [0.25, 0.3) is 7.29 Å². The van der Waals surface area contributed by atoms with Gasteiger partial charge in [0.2, 0.25) is 0 Å². The lowest BCUT2D eigenvalue weighted by Gasteiger charge is -2.43. The highest BCUT2D eigenvalue weighted by Crippen LogP contribution is 2.48. The lowest BCUT2D eigenvalue weighted by molar-refractivity contribution is -0.117. The molecular weight excluding hydrogens is 449 g/mol. The second-order valence-electron chi connectivity index (χ2n) is 11.7. The Kier molecular flexibility index (Phi) is 8.25. The molecule has 0 aromatic heterocycles. The van der Waals surface area contributed by atoms with Gasteiger partial charge in [-0.15, -0.1) is 9.81 Å². The third-order valence-electron chi connectivity index (χ3n) is 6.53. The summed E-state index contributed by atoms with van der Waals surface area (Å²) in [6.45, 7) is 20.6. The number of hydrogen-bond donors (Lipinski definition) is 1. The topological polar surface area (TPSA) is 105 Å². The molecule has 7 nitrogen and oxygen atoms in total. The van der Waals surface area contributed by atoms with Gasteiger partial charge in [0, 0.05) is 24.4 Å². The zero-order chi connectivity index (χ0) is 26.1. The van der Waals surface area contributed by atoms with Gasteiger partial charge in [-0.25, -0.2) is 0 Å². The van der Waals surface area contributed by atoms with Crippen LogP contribution >= 0.6 is 7.29 Å². The molecule has 0 amide bonds. The van der Waals surface area contributed by atoms with Crippen molar-refractivity contribution in [2.75, 3.05) is 12.0 Å². The molecule has 34 heavy (non-hydrogen) atoms. The number of hydrogen-bond acceptors (Lipinski definition) is 6. The van der Waals surface area contributed by atoms with Crippen LogP contribution in [0.5, 0.6) is 0 Å². The Bertz CT molecular complexity index is 1080. The minimum Gasteiger partial charge on any atom is -0.355 e. The number of nitrogens with one attached hydrogen (secondary N) is 1. The SMILES string of the molecule is C=C(Nc1cc(N=O)ccc1P(C)(=O)N=O)C1=C(C)[C@H](C(C)(C)C)C(CCC(C)(C)C)CC1=O. The molecule has 1 aromatic rings. The summed E-state index contributed by atoms with van der Waals surface area (Å²) in [5.74, 6) is 0.419. The van der Waals surface area contributed by atoms with E-state index < -0.39 is 7.29 Å². The second kappa shape index (κ2) is 10.1. The number of benzene rings is 1. The number of anilines is 1. The lowest BCUT2D eigenvalue weighted by Crippen LogP contribution is -2.37. The standard InChI is InChI=1S/C26H38N3O4P/c1-16-23(21(30)14-18(12-13-25(3,4)5)24(16)26(6,7)8)17(2)27-20-15-19(28-31)10-11-22(20)34(9,33)29-32/h10-11,15,18,24,27H,2,12-14H2,1,3-9H3/t18?,24-,34?/m0/s1. The molecule has 1 aromatic carbocycles. The first-order valence-electron chi connectivity index (χ1n) is 11.6. The fraction of sp³-hybridized carbons (Fsp3) is 0.577. The molecular formula is C26H38N3O4P. The quantitative estimate of drug-likeness (QED) is 0.299. The van der Waals surface area contributed by atoms with Gasteiger partial charge in [0.05, 0.1) is 11.0 Å². The molecule has 0 aliphatic heterocycles. The maximum atomic E-state index is 13.4. The molecule has 0 spiro atoms. The van der Waals surface area contributed by atoms with Crippen LogP contribution in [0.25, 0.3) is 0 Å². The summed E-state index contributed by atoms with van der Waals surface area (Å²) >= 11 is 0. The normalized spacial score (nSPS) is 21.1. The molecule has 1 N–H and O–H groups in total. The molecule has 0 saturated heterocycles. The van der Waals surface area contributed by atoms with Gasteiger partial charge < -0.3 is 5.32 Å². The fourth-order valence-electron chi connectivity index (χ4n) is 5.15. The van der Waals surface area contributed by atoms with E-state index in [1.54, 1.807) is 0 Å². The van der Waals surface area contributed by atoms with Gasteiger partial charge in [0.15, 0.2) is 5.78 Å². The Morgan fingerprint density at radius 3 is 2.29 bits per heavy atom. The predicted octanol–water partition coefficient (Wildman–Crippen LogP) is 7.70. The van der Waals surface area contributed by atoms with Gasteiger partial charge in [-0.05, 0) is 70.8 Å². The van der Waals surface area contributed by atoms with Crippen molar-refractivity contribution in [3.63, 3.8) is 0 Å². The van der Waals surface area contributed by atoms with E-state index in [4.69, 9.17) is 0 Å². The number of carbonyl (C=O) groups excluding carboxylic acids is 1. The van der Waals surface area contributed by atoms with Crippen molar-refractivity contribution < 1.29 is 9.36 Å². The number of carbonyl (C=O) groups is 1. The number of ketones is 1. The molecule has 1 aliphatic rings. The molecule has 2 unspecified atom stereocenters. The van der Waals surface area contributed by atoms with Crippen LogP contribution in [0.1, 0.15) is 67.7 Å². The monoisotopic (exact) mass is 487 g/mol. The van der Waals surface area contributed by atoms with Crippen LogP contribution < -0.4 is 10.6 Å². The molecule has 3 atom stereocenters. The van der Waals surface area contributed by atoms with E-state index in [1.165, 1.54) is 24.9 Å². The number of Topliss-reactive ketones (excluding diaryl/α,β-unsaturated/α-hetero) is 1. The number of allylic oxidation sites excluding steroid dienone is 2. The van der Waals surface area contributed by atoms with Gasteiger partial charge in [-0.3, -0.25) is 9.36 Å². The number of nitrogens with zero attached hydrogens (tertiary/aromatic N) is 2. The van der Waals surface area contributed by atoms with Crippen molar-refractivity contribution in [3.8, 4) is 0 Å². The Morgan fingerprint density at radius 1 is 1.18 bits per heavy atom. The molecule has 0 bridgehead atoms. The minimum absolute atomic E-state index is 0.00817. The van der Waals surface area contributed by atoms with Crippen LogP contribution in [0.4, 0.5) is 11.4 Å². The Morgan fingerprint density at radius 2 is 1.79 bits per heavy atom. The van der Waals surface area contributed by atoms with Crippen LogP contribution in [-0.4, -0.2) is 12.4 Å². The molecule has 8 heteroatoms. The van der Waals surface area contributed by atoms with E-state index >= 15 is 0 Å². The number of nitroso groups, excluding NO2 is 2. The zero-order valence-corrected chi connectivity index (χ0v) is 22.6. The maximum Gasteiger partial charge on any atom is 0.259 e. The highest BCUT2D eigenvalue weighted by molar-refractivity contribution is 7.69. The first-order valence-corrected chi connectivity index (χ1v) is 13.7. The minimum atomic E-state index is -3.57. The molecule has 0 heterocycles. The maximum absolute atomic E-state index is 13.4. The van der Waals surface area contributed by atoms with Crippen LogP contribution in [0.2, 0.25) is 0 Å². The van der Waals surface area contributed by atoms with Crippen molar-refractivity contribution in [2.24, 2.45) is 32.8 Å². The average Bonchev–Trinajstić information content (AvgIpc) is 2.70. The van der Waals surface area contributed by atoms with Crippen molar-refractivity contribution in [1.29, 1.82) is 0 Å². The molecule has 0 fully saturated rings. The number of rotatable bonds is 8. The summed E-state index contributed by atoms with van der Waals surface area (Å²) < 4.78 is 12.7. The van der Waals surface area contributed by atoms with Crippen LogP contribution in [0, 0.1) is 32.5 Å². The van der Waals surface area contributed by atoms with Gasteiger partial charge in [-0.2, -0.15) is 0 Å². The van der Waals surface area contributed by atoms with Crippen molar-refractivity contribution in [2.45, 2.75) is 67.7 Å². The summed E-state index contributed by atoms with van der Waals surface area (Å²) in [4.78, 5) is 38.5. The highest BCUT2D eigenvalue weighted by atomic mass is 31.2. The molecule has 2 rings (SSSR count). The average molecular weight is 488 g/mol. The van der Waals surface area contributed by atoms with E-state index in [9.17, 15) is 19.2 Å². The largest absolute Gasteiger partial charge is 0.355 e. The van der Waals surface area contributed by atoms with Crippen LogP contribution in [0.3, 0.4) is 0 Å². The van der Waals surface area contributed by atoms with Gasteiger partial charge in [-0.1, -0.05) is 53.7 Å². The zero-order valence-electron chi connectivity index (χ0n) is 21.7. The van der Waals surface area contributed by atoms with E-state index in [0.29, 0.717) is 17.7 Å². The summed E-state index contributed by atoms with van der Waals surface area (Å²) in [7, 11) is -3.57. The molecule has 0 radical (unpaired) electrons. The second-order valence-corrected chi connectivity index (χ2v) is 14.1. The van der Waals surface area contributed by atoms with Gasteiger partial charge >= 0.3 is 0 Å². The van der Waals surface area contributed by atoms with Gasteiger partial charge in [0.1, 0.15) is 5.69 Å². The first-order chi connectivity index (χ1) is 15.5. The van der Waals surface area contributed by atoms with E-state index in [2.05, 4.69) is 63.6 Å². The lowest BCUT2D eigenvalue weighted by atomic mass is 9.62. The van der Waals surface area contributed by atoms with Crippen molar-refractivity contribution in [3.05, 3.63) is 51.4 Å². The van der Waals surface area contributed by atoms with E-state index in [1.807, 2.05) is 6.92 Å².